The minimum Gasteiger partial charge on any atom is -0.464 e. The molecule has 2 amide bonds. The van der Waals surface area contributed by atoms with Crippen LogP contribution in [0.3, 0.4) is 0 Å². The Bertz CT molecular complexity index is 1690. The number of amides is 2. The van der Waals surface area contributed by atoms with Crippen molar-refractivity contribution in [2.45, 2.75) is 33.4 Å². The Kier molecular flexibility index (Phi) is 8.77. The molecule has 4 aromatic rings. The van der Waals surface area contributed by atoms with Crippen LogP contribution in [0.15, 0.2) is 76.1 Å². The molecule has 2 heterocycles. The second-order valence-electron chi connectivity index (χ2n) is 10.6. The number of carbonyl (C=O) groups excluding carboxylic acids is 2. The molecule has 0 atom stereocenters. The smallest absolute Gasteiger partial charge is 0.254 e. The van der Waals surface area contributed by atoms with E-state index in [4.69, 9.17) is 25.5 Å². The number of hydrogen-bond acceptors (Lipinski definition) is 6. The molecule has 0 saturated carbocycles. The lowest BCUT2D eigenvalue weighted by Crippen LogP contribution is -2.43. The molecule has 0 bridgehead atoms. The van der Waals surface area contributed by atoms with E-state index >= 15 is 0 Å². The van der Waals surface area contributed by atoms with Gasteiger partial charge in [0.15, 0.2) is 16.9 Å². The van der Waals surface area contributed by atoms with E-state index in [1.165, 1.54) is 40.3 Å². The first kappa shape index (κ1) is 29.1. The lowest BCUT2D eigenvalue weighted by molar-refractivity contribution is -0.133. The van der Waals surface area contributed by atoms with E-state index in [-0.39, 0.29) is 48.9 Å². The molecule has 1 aliphatic rings. The van der Waals surface area contributed by atoms with Crippen molar-refractivity contribution in [3.8, 4) is 11.5 Å². The molecule has 218 valence electrons. The topological polar surface area (TPSA) is 89.3 Å². The number of carbonyl (C=O) groups is 2. The van der Waals surface area contributed by atoms with Crippen LogP contribution in [0.2, 0.25) is 5.02 Å². The predicted octanol–water partition coefficient (Wildman–Crippen LogP) is 6.03. The molecule has 1 aromatic heterocycles. The summed E-state index contributed by atoms with van der Waals surface area (Å²) in [4.78, 5) is 43.6. The first-order chi connectivity index (χ1) is 20.2. The van der Waals surface area contributed by atoms with Crippen LogP contribution < -0.4 is 14.9 Å². The van der Waals surface area contributed by atoms with E-state index < -0.39 is 17.6 Å². The molecule has 0 fully saturated rings. The molecule has 0 N–H and O–H groups in total. The predicted molar refractivity (Wildman–Crippen MR) is 156 cm³/mol. The highest BCUT2D eigenvalue weighted by Gasteiger charge is 2.25. The lowest BCUT2D eigenvalue weighted by Gasteiger charge is -2.28. The molecule has 0 saturated heterocycles. The van der Waals surface area contributed by atoms with Crippen molar-refractivity contribution >= 4 is 34.4 Å². The Morgan fingerprint density at radius 2 is 1.79 bits per heavy atom. The van der Waals surface area contributed by atoms with Gasteiger partial charge < -0.3 is 23.7 Å². The number of rotatable bonds is 10. The number of ether oxygens (including phenoxy) is 2. The van der Waals surface area contributed by atoms with Crippen LogP contribution in [-0.2, 0) is 17.9 Å². The highest BCUT2D eigenvalue weighted by atomic mass is 35.5. The minimum absolute atomic E-state index is 0.0791. The Balaban J connectivity index is 1.46. The van der Waals surface area contributed by atoms with Crippen molar-refractivity contribution in [2.24, 2.45) is 5.92 Å². The zero-order chi connectivity index (χ0) is 29.8. The van der Waals surface area contributed by atoms with E-state index in [9.17, 15) is 18.8 Å². The minimum atomic E-state index is -0.538. The maximum Gasteiger partial charge on any atom is 0.254 e. The second-order valence-corrected chi connectivity index (χ2v) is 11.0. The van der Waals surface area contributed by atoms with Crippen LogP contribution in [0.1, 0.15) is 41.8 Å². The summed E-state index contributed by atoms with van der Waals surface area (Å²) in [6, 6.07) is 15.5. The van der Waals surface area contributed by atoms with Gasteiger partial charge in [0.05, 0.1) is 23.8 Å². The number of nitrogens with zero attached hydrogens (tertiary/aromatic N) is 2. The van der Waals surface area contributed by atoms with Gasteiger partial charge in [-0.1, -0.05) is 37.6 Å². The van der Waals surface area contributed by atoms with E-state index in [2.05, 4.69) is 0 Å². The van der Waals surface area contributed by atoms with Crippen LogP contribution in [0.25, 0.3) is 11.0 Å². The largest absolute Gasteiger partial charge is 0.464 e. The second kappa shape index (κ2) is 12.7. The van der Waals surface area contributed by atoms with E-state index in [1.54, 1.807) is 24.3 Å². The molecule has 3 aromatic carbocycles. The molecule has 0 unspecified atom stereocenters. The van der Waals surface area contributed by atoms with Crippen LogP contribution in [0.5, 0.6) is 11.5 Å². The monoisotopic (exact) mass is 592 g/mol. The van der Waals surface area contributed by atoms with Gasteiger partial charge in [-0.2, -0.15) is 0 Å². The van der Waals surface area contributed by atoms with Crippen molar-refractivity contribution in [1.82, 2.24) is 9.80 Å². The Labute approximate surface area is 247 Å². The fraction of sp³-hybridized carbons (Fsp3) is 0.281. The summed E-state index contributed by atoms with van der Waals surface area (Å²) >= 11 is 6.12. The zero-order valence-electron chi connectivity index (χ0n) is 23.3. The summed E-state index contributed by atoms with van der Waals surface area (Å²) < 4.78 is 30.5. The number of hydrogen-bond donors (Lipinski definition) is 0. The van der Waals surface area contributed by atoms with Crippen molar-refractivity contribution in [2.75, 3.05) is 19.9 Å². The molecule has 1 aliphatic heterocycles. The van der Waals surface area contributed by atoms with Gasteiger partial charge in [-0.05, 0) is 66.4 Å². The quantitative estimate of drug-likeness (QED) is 0.223. The van der Waals surface area contributed by atoms with Gasteiger partial charge in [-0.3, -0.25) is 14.4 Å². The lowest BCUT2D eigenvalue weighted by atomic mass is 10.1. The molecule has 8 nitrogen and oxygen atoms in total. The Morgan fingerprint density at radius 3 is 2.57 bits per heavy atom. The van der Waals surface area contributed by atoms with Gasteiger partial charge in [-0.15, -0.1) is 0 Å². The van der Waals surface area contributed by atoms with Gasteiger partial charge in [-0.25, -0.2) is 4.39 Å². The van der Waals surface area contributed by atoms with Crippen LogP contribution in [0, 0.1) is 11.7 Å². The Morgan fingerprint density at radius 1 is 0.976 bits per heavy atom. The van der Waals surface area contributed by atoms with Gasteiger partial charge in [0.2, 0.25) is 12.7 Å². The van der Waals surface area contributed by atoms with E-state index in [0.717, 1.165) is 11.6 Å². The number of benzene rings is 3. The molecule has 10 heteroatoms. The van der Waals surface area contributed by atoms with Gasteiger partial charge in [0.25, 0.3) is 5.91 Å². The van der Waals surface area contributed by atoms with Crippen LogP contribution in [0.4, 0.5) is 4.39 Å². The maximum atomic E-state index is 13.9. The van der Waals surface area contributed by atoms with Crippen molar-refractivity contribution in [3.05, 3.63) is 105 Å². The maximum absolute atomic E-state index is 13.9. The van der Waals surface area contributed by atoms with Crippen LogP contribution in [-0.4, -0.2) is 41.5 Å². The summed E-state index contributed by atoms with van der Waals surface area (Å²) in [6.45, 7) is 4.21. The molecule has 0 spiro atoms. The molecule has 0 radical (unpaired) electrons. The standard InChI is InChI=1S/C32H30ClFN2O6/c1-20(2)10-11-35(32(39)22-4-3-5-25(34)13-22)17-30(37)36(15-21-6-8-28-29(12-21)42-19-41-28)16-23-18-40-27-9-7-24(33)14-26(27)31(23)38/h3-9,12-14,18,20H,10-11,15-17,19H2,1-2H3. The summed E-state index contributed by atoms with van der Waals surface area (Å²) in [7, 11) is 0. The van der Waals surface area contributed by atoms with Gasteiger partial charge >= 0.3 is 0 Å². The normalized spacial score (nSPS) is 12.1. The number of halogens is 2. The first-order valence-corrected chi connectivity index (χ1v) is 14.0. The van der Waals surface area contributed by atoms with Crippen molar-refractivity contribution in [3.63, 3.8) is 0 Å². The van der Waals surface area contributed by atoms with Crippen LogP contribution >= 0.6 is 11.6 Å². The van der Waals surface area contributed by atoms with E-state index in [0.29, 0.717) is 40.5 Å². The Hall–Kier alpha value is -4.37. The first-order valence-electron chi connectivity index (χ1n) is 13.6. The molecule has 42 heavy (non-hydrogen) atoms. The molecular weight excluding hydrogens is 563 g/mol. The number of fused-ring (bicyclic) bond motifs is 2. The summed E-state index contributed by atoms with van der Waals surface area (Å²) in [5, 5.41) is 0.687. The van der Waals surface area contributed by atoms with Crippen molar-refractivity contribution in [1.29, 1.82) is 0 Å². The fourth-order valence-electron chi connectivity index (χ4n) is 4.68. The van der Waals surface area contributed by atoms with Crippen molar-refractivity contribution < 1.29 is 27.9 Å². The summed E-state index contributed by atoms with van der Waals surface area (Å²) in [6.07, 6.45) is 1.98. The SMILES string of the molecule is CC(C)CCN(CC(=O)N(Cc1ccc2c(c1)OCO2)Cc1coc2ccc(Cl)cc2c1=O)C(=O)c1cccc(F)c1. The highest BCUT2D eigenvalue weighted by Crippen LogP contribution is 2.33. The molecule has 5 rings (SSSR count). The summed E-state index contributed by atoms with van der Waals surface area (Å²) in [5.74, 6) is 0.0345. The van der Waals surface area contributed by atoms with Gasteiger partial charge in [0.1, 0.15) is 17.9 Å². The van der Waals surface area contributed by atoms with Gasteiger partial charge in [0, 0.05) is 23.7 Å². The molecular formula is C32H30ClFN2O6. The summed E-state index contributed by atoms with van der Waals surface area (Å²) in [5.41, 5.74) is 1.22. The molecule has 0 aliphatic carbocycles. The average Bonchev–Trinajstić information content (AvgIpc) is 3.44. The third-order valence-corrected chi connectivity index (χ3v) is 7.23. The zero-order valence-corrected chi connectivity index (χ0v) is 24.0. The highest BCUT2D eigenvalue weighted by molar-refractivity contribution is 6.31. The average molecular weight is 593 g/mol. The third kappa shape index (κ3) is 6.74. The third-order valence-electron chi connectivity index (χ3n) is 6.99. The van der Waals surface area contributed by atoms with E-state index in [1.807, 2.05) is 19.9 Å². The fourth-order valence-corrected chi connectivity index (χ4v) is 4.86.